The highest BCUT2D eigenvalue weighted by atomic mass is 35.5. The van der Waals surface area contributed by atoms with Crippen molar-refractivity contribution < 1.29 is 36.9 Å². The maximum atomic E-state index is 16.0. The molecule has 2 aromatic carbocycles. The smallest absolute Gasteiger partial charge is 0.414 e. The van der Waals surface area contributed by atoms with Gasteiger partial charge in [0.25, 0.3) is 10.0 Å². The summed E-state index contributed by atoms with van der Waals surface area (Å²) in [6.45, 7) is 5.05. The normalized spacial score (nSPS) is 14.3. The largest absolute Gasteiger partial charge is 0.497 e. The van der Waals surface area contributed by atoms with Gasteiger partial charge in [-0.1, -0.05) is 30.9 Å². The van der Waals surface area contributed by atoms with Crippen LogP contribution in [0.4, 0.5) is 20.0 Å². The lowest BCUT2D eigenvalue weighted by Crippen LogP contribution is -2.38. The van der Waals surface area contributed by atoms with E-state index in [1.54, 1.807) is 39.0 Å². The zero-order chi connectivity index (χ0) is 34.4. The predicted octanol–water partition coefficient (Wildman–Crippen LogP) is 7.35. The highest BCUT2D eigenvalue weighted by Crippen LogP contribution is 2.38. The summed E-state index contributed by atoms with van der Waals surface area (Å²) in [7, 11) is -1.67. The van der Waals surface area contributed by atoms with E-state index in [0.29, 0.717) is 23.5 Å². The van der Waals surface area contributed by atoms with Crippen molar-refractivity contribution in [2.75, 3.05) is 30.0 Å². The first-order valence-electron chi connectivity index (χ1n) is 15.4. The molecule has 1 N–H and O–H groups in total. The number of benzene rings is 2. The number of amides is 1. The Kier molecular flexibility index (Phi) is 12.0. The number of rotatable bonds is 15. The highest BCUT2D eigenvalue weighted by Gasteiger charge is 2.35. The third kappa shape index (κ3) is 9.24. The van der Waals surface area contributed by atoms with E-state index in [9.17, 15) is 18.3 Å². The lowest BCUT2D eigenvalue weighted by Gasteiger charge is -2.36. The van der Waals surface area contributed by atoms with Gasteiger partial charge in [-0.2, -0.15) is 4.37 Å². The number of unbranched alkanes of at least 4 members (excludes halogenated alkanes) is 3. The van der Waals surface area contributed by atoms with Crippen molar-refractivity contribution in [2.24, 2.45) is 0 Å². The number of halogens is 2. The van der Waals surface area contributed by atoms with E-state index in [1.807, 2.05) is 0 Å². The summed E-state index contributed by atoms with van der Waals surface area (Å²) >= 11 is 7.46. The van der Waals surface area contributed by atoms with Crippen LogP contribution in [0.3, 0.4) is 0 Å². The molecule has 0 atom stereocenters. The molecule has 1 aromatic heterocycles. The lowest BCUT2D eigenvalue weighted by atomic mass is 9.77. The van der Waals surface area contributed by atoms with Crippen LogP contribution in [0.2, 0.25) is 5.02 Å². The number of methoxy groups -OCH3 is 2. The number of aromatic nitrogens is 2. The van der Waals surface area contributed by atoms with Gasteiger partial charge in [-0.05, 0) is 71.1 Å². The predicted molar refractivity (Wildman–Crippen MR) is 180 cm³/mol. The fraction of sp³-hybridized carbons (Fsp3) is 0.531. The molecule has 47 heavy (non-hydrogen) atoms. The summed E-state index contributed by atoms with van der Waals surface area (Å²) in [6.07, 6.45) is 6.97. The SMILES string of the molecule is COc1ccc(CN(c2ncns2)S(=O)(=O)c2cc(Cl)c(N(CCCCCCC3(O)CCC3)C(=O)OC(C)(C)C)cc2F)c(OC)c1. The Labute approximate surface area is 284 Å². The minimum atomic E-state index is -4.60. The van der Waals surface area contributed by atoms with Crippen molar-refractivity contribution in [1.29, 1.82) is 0 Å². The molecule has 15 heteroatoms. The average molecular weight is 713 g/mol. The molecule has 1 aliphatic carbocycles. The number of carbonyl (C=O) groups excluding carboxylic acids is 1. The van der Waals surface area contributed by atoms with Gasteiger partial charge in [-0.3, -0.25) is 4.90 Å². The van der Waals surface area contributed by atoms with Gasteiger partial charge >= 0.3 is 6.09 Å². The third-order valence-electron chi connectivity index (χ3n) is 7.90. The van der Waals surface area contributed by atoms with Crippen LogP contribution >= 0.6 is 23.1 Å². The maximum absolute atomic E-state index is 16.0. The quantitative estimate of drug-likeness (QED) is 0.161. The summed E-state index contributed by atoms with van der Waals surface area (Å²) in [4.78, 5) is 17.9. The molecular weight excluding hydrogens is 671 g/mol. The van der Waals surface area contributed by atoms with Crippen LogP contribution in [0.5, 0.6) is 11.5 Å². The summed E-state index contributed by atoms with van der Waals surface area (Å²) < 4.78 is 65.3. The third-order valence-corrected chi connectivity index (χ3v) is 10.8. The minimum Gasteiger partial charge on any atom is -0.497 e. The van der Waals surface area contributed by atoms with E-state index in [0.717, 1.165) is 72.9 Å². The molecule has 3 aromatic rings. The molecule has 258 valence electrons. The van der Waals surface area contributed by atoms with Gasteiger partial charge < -0.3 is 19.3 Å². The van der Waals surface area contributed by atoms with E-state index >= 15 is 4.39 Å². The van der Waals surface area contributed by atoms with E-state index < -0.39 is 38.0 Å². The van der Waals surface area contributed by atoms with Gasteiger partial charge in [0.15, 0.2) is 0 Å². The Balaban J connectivity index is 1.61. The van der Waals surface area contributed by atoms with E-state index in [4.69, 9.17) is 25.8 Å². The molecule has 1 fully saturated rings. The number of ether oxygens (including phenoxy) is 3. The fourth-order valence-electron chi connectivity index (χ4n) is 5.25. The molecule has 4 rings (SSSR count). The zero-order valence-corrected chi connectivity index (χ0v) is 29.7. The van der Waals surface area contributed by atoms with Crippen LogP contribution in [0.25, 0.3) is 0 Å². The van der Waals surface area contributed by atoms with Crippen LogP contribution < -0.4 is 18.7 Å². The first-order chi connectivity index (χ1) is 22.2. The van der Waals surface area contributed by atoms with Crippen molar-refractivity contribution in [3.63, 3.8) is 0 Å². The molecule has 11 nitrogen and oxygen atoms in total. The van der Waals surface area contributed by atoms with E-state index in [-0.39, 0.29) is 28.9 Å². The zero-order valence-electron chi connectivity index (χ0n) is 27.3. The number of sulfonamides is 1. The Hall–Kier alpha value is -3.20. The maximum Gasteiger partial charge on any atom is 0.414 e. The number of nitrogens with zero attached hydrogens (tertiary/aromatic N) is 4. The molecule has 1 aliphatic rings. The fourth-order valence-corrected chi connectivity index (χ4v) is 7.79. The van der Waals surface area contributed by atoms with Gasteiger partial charge in [-0.25, -0.2) is 26.9 Å². The Morgan fingerprint density at radius 2 is 1.83 bits per heavy atom. The second-order valence-corrected chi connectivity index (χ2v) is 15.5. The number of hydrogen-bond acceptors (Lipinski definition) is 10. The topological polar surface area (TPSA) is 131 Å². The molecule has 0 radical (unpaired) electrons. The summed E-state index contributed by atoms with van der Waals surface area (Å²) in [5.41, 5.74) is -0.928. The van der Waals surface area contributed by atoms with Crippen LogP contribution in [0.15, 0.2) is 41.6 Å². The summed E-state index contributed by atoms with van der Waals surface area (Å²) in [6, 6.07) is 6.84. The van der Waals surface area contributed by atoms with Crippen LogP contribution in [-0.2, 0) is 21.3 Å². The molecule has 1 amide bonds. The standard InChI is InChI=1S/C32H42ClFN4O7S2/c1-31(2,3)45-30(39)37(16-9-7-6-8-13-32(40)14-10-15-32)26-19-25(34)28(18-24(26)33)47(41,42)38(29-35-21-36-46-29)20-22-11-12-23(43-4)17-27(22)44-5/h11-12,17-19,21,40H,6-10,13-16,20H2,1-5H3. The first-order valence-corrected chi connectivity index (χ1v) is 18.0. The summed E-state index contributed by atoms with van der Waals surface area (Å²) in [5, 5.41) is 10.2. The van der Waals surface area contributed by atoms with Gasteiger partial charge in [0.2, 0.25) is 5.13 Å². The van der Waals surface area contributed by atoms with Crippen LogP contribution in [0.1, 0.15) is 77.7 Å². The molecule has 0 unspecified atom stereocenters. The molecule has 1 saturated carbocycles. The number of hydrogen-bond donors (Lipinski definition) is 1. The number of carbonyl (C=O) groups is 1. The molecule has 0 bridgehead atoms. The second kappa shape index (κ2) is 15.3. The van der Waals surface area contributed by atoms with Gasteiger partial charge in [0, 0.05) is 35.8 Å². The Bertz CT molecular complexity index is 1630. The monoisotopic (exact) mass is 712 g/mol. The van der Waals surface area contributed by atoms with Crippen molar-refractivity contribution in [3.05, 3.63) is 53.1 Å². The average Bonchev–Trinajstić information content (AvgIpc) is 3.53. The Morgan fingerprint density at radius 1 is 1.11 bits per heavy atom. The van der Waals surface area contributed by atoms with Gasteiger partial charge in [0.1, 0.15) is 34.1 Å². The lowest BCUT2D eigenvalue weighted by molar-refractivity contribution is -0.0419. The second-order valence-electron chi connectivity index (χ2n) is 12.5. The van der Waals surface area contributed by atoms with E-state index in [1.165, 1.54) is 25.4 Å². The minimum absolute atomic E-state index is 0.00211. The molecule has 0 spiro atoms. The summed E-state index contributed by atoms with van der Waals surface area (Å²) in [5.74, 6) is -0.246. The first kappa shape index (κ1) is 36.6. The number of anilines is 2. The van der Waals surface area contributed by atoms with Crippen LogP contribution in [-0.4, -0.2) is 60.9 Å². The van der Waals surface area contributed by atoms with Crippen molar-refractivity contribution in [3.8, 4) is 11.5 Å². The van der Waals surface area contributed by atoms with Crippen molar-refractivity contribution >= 4 is 50.1 Å². The highest BCUT2D eigenvalue weighted by molar-refractivity contribution is 7.93. The molecule has 0 saturated heterocycles. The Morgan fingerprint density at radius 3 is 2.43 bits per heavy atom. The van der Waals surface area contributed by atoms with Crippen LogP contribution in [0, 0.1) is 5.82 Å². The van der Waals surface area contributed by atoms with Crippen molar-refractivity contribution in [2.45, 2.75) is 94.8 Å². The number of aliphatic hydroxyl groups is 1. The van der Waals surface area contributed by atoms with Gasteiger partial charge in [-0.15, -0.1) is 0 Å². The molecular formula is C32H42ClFN4O7S2. The molecule has 1 heterocycles. The van der Waals surface area contributed by atoms with Crippen molar-refractivity contribution in [1.82, 2.24) is 9.36 Å². The van der Waals surface area contributed by atoms with E-state index in [2.05, 4.69) is 9.36 Å². The van der Waals surface area contributed by atoms with Gasteiger partial charge in [0.05, 0.1) is 37.1 Å². The molecule has 0 aliphatic heterocycles.